The molecule has 0 saturated carbocycles. The van der Waals surface area contributed by atoms with Crippen molar-refractivity contribution in [3.63, 3.8) is 0 Å². The van der Waals surface area contributed by atoms with Crippen molar-refractivity contribution in [3.05, 3.63) is 28.3 Å². The molecule has 1 rings (SSSR count). The van der Waals surface area contributed by atoms with Crippen LogP contribution in [0.1, 0.15) is 26.7 Å². The summed E-state index contributed by atoms with van der Waals surface area (Å²) < 4.78 is 4.93. The second-order valence-corrected chi connectivity index (χ2v) is 4.76. The molecule has 1 unspecified atom stereocenters. The summed E-state index contributed by atoms with van der Waals surface area (Å²) in [7, 11) is 1.41. The van der Waals surface area contributed by atoms with E-state index in [1.807, 2.05) is 6.92 Å². The first-order chi connectivity index (χ1) is 9.31. The van der Waals surface area contributed by atoms with Gasteiger partial charge in [-0.15, -0.1) is 0 Å². The van der Waals surface area contributed by atoms with Crippen molar-refractivity contribution in [2.75, 3.05) is 12.4 Å². The van der Waals surface area contributed by atoms with Crippen molar-refractivity contribution in [2.24, 2.45) is 5.73 Å². The Morgan fingerprint density at radius 3 is 2.70 bits per heavy atom. The standard InChI is InChI=1S/C13H19N3O4/c1-4-7-13(2,14)12(17)15-10-6-5-9(20-3)8-11(10)16(18)19/h5-6,8H,4,7,14H2,1-3H3,(H,15,17). The zero-order valence-electron chi connectivity index (χ0n) is 11.8. The minimum Gasteiger partial charge on any atom is -0.496 e. The van der Waals surface area contributed by atoms with Gasteiger partial charge in [0.15, 0.2) is 0 Å². The second kappa shape index (κ2) is 6.33. The average molecular weight is 281 g/mol. The number of nitrogens with one attached hydrogen (secondary N) is 1. The molecule has 1 aromatic rings. The third kappa shape index (κ3) is 3.67. The lowest BCUT2D eigenvalue weighted by atomic mass is 9.96. The van der Waals surface area contributed by atoms with Gasteiger partial charge in [0, 0.05) is 0 Å². The molecule has 0 saturated heterocycles. The fourth-order valence-corrected chi connectivity index (χ4v) is 1.79. The van der Waals surface area contributed by atoms with E-state index < -0.39 is 16.4 Å². The van der Waals surface area contributed by atoms with Gasteiger partial charge in [0.25, 0.3) is 5.69 Å². The smallest absolute Gasteiger partial charge is 0.296 e. The highest BCUT2D eigenvalue weighted by atomic mass is 16.6. The Labute approximate surface area is 117 Å². The van der Waals surface area contributed by atoms with Gasteiger partial charge in [0.05, 0.1) is 23.6 Å². The van der Waals surface area contributed by atoms with Crippen LogP contribution in [0.5, 0.6) is 5.75 Å². The molecule has 1 amide bonds. The van der Waals surface area contributed by atoms with Crippen molar-refractivity contribution < 1.29 is 14.5 Å². The Morgan fingerprint density at radius 1 is 1.55 bits per heavy atom. The molecule has 110 valence electrons. The summed E-state index contributed by atoms with van der Waals surface area (Å²) in [4.78, 5) is 22.5. The van der Waals surface area contributed by atoms with Crippen LogP contribution < -0.4 is 15.8 Å². The summed E-state index contributed by atoms with van der Waals surface area (Å²) in [5.74, 6) is -0.105. The van der Waals surface area contributed by atoms with Gasteiger partial charge in [-0.05, 0) is 25.5 Å². The Kier molecular flexibility index (Phi) is 5.04. The van der Waals surface area contributed by atoms with Crippen LogP contribution in [0.15, 0.2) is 18.2 Å². The summed E-state index contributed by atoms with van der Waals surface area (Å²) >= 11 is 0. The molecular formula is C13H19N3O4. The molecule has 0 aliphatic rings. The zero-order chi connectivity index (χ0) is 15.3. The van der Waals surface area contributed by atoms with Crippen LogP contribution >= 0.6 is 0 Å². The first-order valence-electron chi connectivity index (χ1n) is 6.24. The number of methoxy groups -OCH3 is 1. The van der Waals surface area contributed by atoms with Crippen LogP contribution in [0.3, 0.4) is 0 Å². The van der Waals surface area contributed by atoms with E-state index in [1.165, 1.54) is 25.3 Å². The van der Waals surface area contributed by atoms with Gasteiger partial charge in [-0.2, -0.15) is 0 Å². The normalized spacial score (nSPS) is 13.4. The molecule has 1 atom stereocenters. The number of rotatable bonds is 6. The van der Waals surface area contributed by atoms with E-state index in [-0.39, 0.29) is 11.4 Å². The van der Waals surface area contributed by atoms with Crippen LogP contribution in [0, 0.1) is 10.1 Å². The minimum absolute atomic E-state index is 0.105. The van der Waals surface area contributed by atoms with Crippen LogP contribution in [0.4, 0.5) is 11.4 Å². The average Bonchev–Trinajstić information content (AvgIpc) is 2.38. The van der Waals surface area contributed by atoms with Gasteiger partial charge in [-0.3, -0.25) is 14.9 Å². The summed E-state index contributed by atoms with van der Waals surface area (Å²) in [6, 6.07) is 4.22. The second-order valence-electron chi connectivity index (χ2n) is 4.76. The number of carbonyl (C=O) groups excluding carboxylic acids is 1. The highest BCUT2D eigenvalue weighted by Crippen LogP contribution is 2.29. The molecule has 7 nitrogen and oxygen atoms in total. The van der Waals surface area contributed by atoms with E-state index in [2.05, 4.69) is 5.32 Å². The maximum Gasteiger partial charge on any atom is 0.296 e. The SMILES string of the molecule is CCCC(C)(N)C(=O)Nc1ccc(OC)cc1[N+](=O)[O-]. The Morgan fingerprint density at radius 2 is 2.20 bits per heavy atom. The van der Waals surface area contributed by atoms with Gasteiger partial charge in [0.1, 0.15) is 11.4 Å². The largest absolute Gasteiger partial charge is 0.496 e. The molecule has 3 N–H and O–H groups in total. The lowest BCUT2D eigenvalue weighted by Gasteiger charge is -2.22. The Hall–Kier alpha value is -2.15. The van der Waals surface area contributed by atoms with Crippen molar-refractivity contribution in [3.8, 4) is 5.75 Å². The molecule has 0 radical (unpaired) electrons. The van der Waals surface area contributed by atoms with E-state index >= 15 is 0 Å². The van der Waals surface area contributed by atoms with Gasteiger partial charge >= 0.3 is 0 Å². The zero-order valence-corrected chi connectivity index (χ0v) is 11.8. The summed E-state index contributed by atoms with van der Waals surface area (Å²) in [6.45, 7) is 3.51. The number of hydrogen-bond donors (Lipinski definition) is 2. The number of nitrogens with two attached hydrogens (primary N) is 1. The molecule has 0 bridgehead atoms. The highest BCUT2D eigenvalue weighted by Gasteiger charge is 2.29. The third-order valence-corrected chi connectivity index (χ3v) is 2.94. The van der Waals surface area contributed by atoms with Crippen molar-refractivity contribution >= 4 is 17.3 Å². The highest BCUT2D eigenvalue weighted by molar-refractivity contribution is 5.99. The van der Waals surface area contributed by atoms with Crippen LogP contribution in [0.2, 0.25) is 0 Å². The number of nitrogens with zero attached hydrogens (tertiary/aromatic N) is 1. The number of benzene rings is 1. The summed E-state index contributed by atoms with van der Waals surface area (Å²) in [5, 5.41) is 13.5. The first kappa shape index (κ1) is 15.9. The molecule has 20 heavy (non-hydrogen) atoms. The maximum absolute atomic E-state index is 12.1. The van der Waals surface area contributed by atoms with Crippen LogP contribution in [-0.2, 0) is 4.79 Å². The van der Waals surface area contributed by atoms with Gasteiger partial charge in [-0.1, -0.05) is 13.3 Å². The molecule has 0 heterocycles. The predicted octanol–water partition coefficient (Wildman–Crippen LogP) is 2.06. The van der Waals surface area contributed by atoms with E-state index in [0.717, 1.165) is 6.42 Å². The topological polar surface area (TPSA) is 107 Å². The lowest BCUT2D eigenvalue weighted by Crippen LogP contribution is -2.48. The molecule has 0 aliphatic heterocycles. The lowest BCUT2D eigenvalue weighted by molar-refractivity contribution is -0.384. The molecule has 0 aliphatic carbocycles. The number of carbonyl (C=O) groups is 1. The van der Waals surface area contributed by atoms with Gasteiger partial charge in [-0.25, -0.2) is 0 Å². The number of anilines is 1. The van der Waals surface area contributed by atoms with Gasteiger partial charge < -0.3 is 15.8 Å². The minimum atomic E-state index is -1.07. The fraction of sp³-hybridized carbons (Fsp3) is 0.462. The number of nitro benzene ring substituents is 1. The fourth-order valence-electron chi connectivity index (χ4n) is 1.79. The Balaban J connectivity index is 3.03. The van der Waals surface area contributed by atoms with Crippen molar-refractivity contribution in [1.29, 1.82) is 0 Å². The van der Waals surface area contributed by atoms with E-state index in [1.54, 1.807) is 6.92 Å². The molecule has 0 spiro atoms. The number of amides is 1. The third-order valence-electron chi connectivity index (χ3n) is 2.94. The molecular weight excluding hydrogens is 262 g/mol. The van der Waals surface area contributed by atoms with Crippen LogP contribution in [-0.4, -0.2) is 23.5 Å². The quantitative estimate of drug-likeness (QED) is 0.613. The molecule has 0 fully saturated rings. The summed E-state index contributed by atoms with van der Waals surface area (Å²) in [6.07, 6.45) is 1.23. The number of hydrogen-bond acceptors (Lipinski definition) is 5. The number of nitro groups is 1. The van der Waals surface area contributed by atoms with E-state index in [4.69, 9.17) is 10.5 Å². The summed E-state index contributed by atoms with van der Waals surface area (Å²) in [5.41, 5.74) is 4.70. The number of ether oxygens (including phenoxy) is 1. The van der Waals surface area contributed by atoms with Crippen molar-refractivity contribution in [2.45, 2.75) is 32.2 Å². The monoisotopic (exact) mass is 281 g/mol. The molecule has 1 aromatic carbocycles. The van der Waals surface area contributed by atoms with E-state index in [0.29, 0.717) is 12.2 Å². The van der Waals surface area contributed by atoms with Crippen LogP contribution in [0.25, 0.3) is 0 Å². The maximum atomic E-state index is 12.1. The molecule has 0 aromatic heterocycles. The van der Waals surface area contributed by atoms with E-state index in [9.17, 15) is 14.9 Å². The molecule has 7 heteroatoms. The Bertz CT molecular complexity index is 514. The van der Waals surface area contributed by atoms with Crippen molar-refractivity contribution in [1.82, 2.24) is 0 Å². The van der Waals surface area contributed by atoms with Gasteiger partial charge in [0.2, 0.25) is 5.91 Å². The first-order valence-corrected chi connectivity index (χ1v) is 6.24. The predicted molar refractivity (Wildman–Crippen MR) is 75.8 cm³/mol.